The van der Waals surface area contributed by atoms with E-state index in [0.717, 1.165) is 38.3 Å². The standard InChI is InChI=1S/C14H22N4O/c1-2-17-7-9-18(10-8-17)14(19)12-16-11-13-3-5-15-6-4-13/h3-6,16H,2,7-12H2,1H3. The van der Waals surface area contributed by atoms with Crippen LogP contribution >= 0.6 is 0 Å². The Morgan fingerprint density at radius 2 is 1.95 bits per heavy atom. The fourth-order valence-electron chi connectivity index (χ4n) is 2.24. The van der Waals surface area contributed by atoms with Crippen molar-refractivity contribution in [3.05, 3.63) is 30.1 Å². The van der Waals surface area contributed by atoms with Crippen LogP contribution in [-0.2, 0) is 11.3 Å². The number of aromatic nitrogens is 1. The van der Waals surface area contributed by atoms with Crippen molar-refractivity contribution in [3.8, 4) is 0 Å². The molecule has 1 aliphatic heterocycles. The maximum absolute atomic E-state index is 12.0. The second-order valence-corrected chi connectivity index (χ2v) is 4.77. The van der Waals surface area contributed by atoms with Gasteiger partial charge >= 0.3 is 0 Å². The van der Waals surface area contributed by atoms with E-state index in [9.17, 15) is 4.79 Å². The number of hydrogen-bond donors (Lipinski definition) is 1. The molecule has 1 aliphatic rings. The molecule has 1 saturated heterocycles. The molecule has 0 aliphatic carbocycles. The Balaban J connectivity index is 1.67. The second kappa shape index (κ2) is 7.21. The molecule has 2 rings (SSSR count). The van der Waals surface area contributed by atoms with Crippen molar-refractivity contribution in [3.63, 3.8) is 0 Å². The summed E-state index contributed by atoms with van der Waals surface area (Å²) in [4.78, 5) is 20.3. The third-order valence-corrected chi connectivity index (χ3v) is 3.53. The van der Waals surface area contributed by atoms with Gasteiger partial charge in [-0.2, -0.15) is 0 Å². The molecular formula is C14H22N4O. The first kappa shape index (κ1) is 14.0. The summed E-state index contributed by atoms with van der Waals surface area (Å²) in [5, 5.41) is 3.19. The van der Waals surface area contributed by atoms with Crippen LogP contribution in [0, 0.1) is 0 Å². The average molecular weight is 262 g/mol. The zero-order valence-electron chi connectivity index (χ0n) is 11.5. The van der Waals surface area contributed by atoms with Crippen molar-refractivity contribution in [1.82, 2.24) is 20.1 Å². The van der Waals surface area contributed by atoms with Gasteiger partial charge in [-0.1, -0.05) is 6.92 Å². The van der Waals surface area contributed by atoms with E-state index in [-0.39, 0.29) is 5.91 Å². The van der Waals surface area contributed by atoms with Crippen LogP contribution in [0.25, 0.3) is 0 Å². The molecule has 1 aromatic heterocycles. The highest BCUT2D eigenvalue weighted by Gasteiger charge is 2.19. The number of pyridine rings is 1. The number of amides is 1. The van der Waals surface area contributed by atoms with Gasteiger partial charge in [0.2, 0.25) is 5.91 Å². The van der Waals surface area contributed by atoms with Gasteiger partial charge < -0.3 is 15.1 Å². The highest BCUT2D eigenvalue weighted by molar-refractivity contribution is 5.78. The first-order chi connectivity index (χ1) is 9.29. The molecule has 2 heterocycles. The number of carbonyl (C=O) groups excluding carboxylic acids is 1. The molecular weight excluding hydrogens is 240 g/mol. The fraction of sp³-hybridized carbons (Fsp3) is 0.571. The quantitative estimate of drug-likeness (QED) is 0.831. The van der Waals surface area contributed by atoms with Gasteiger partial charge in [0, 0.05) is 45.1 Å². The van der Waals surface area contributed by atoms with Crippen LogP contribution in [0.3, 0.4) is 0 Å². The molecule has 0 radical (unpaired) electrons. The summed E-state index contributed by atoms with van der Waals surface area (Å²) in [5.41, 5.74) is 1.15. The van der Waals surface area contributed by atoms with Crippen LogP contribution in [0.2, 0.25) is 0 Å². The minimum absolute atomic E-state index is 0.199. The number of likely N-dealkylation sites (N-methyl/N-ethyl adjacent to an activating group) is 1. The first-order valence-corrected chi connectivity index (χ1v) is 6.89. The predicted molar refractivity (Wildman–Crippen MR) is 74.6 cm³/mol. The number of rotatable bonds is 5. The largest absolute Gasteiger partial charge is 0.339 e. The van der Waals surface area contributed by atoms with E-state index in [4.69, 9.17) is 0 Å². The zero-order chi connectivity index (χ0) is 13.5. The van der Waals surface area contributed by atoms with E-state index in [2.05, 4.69) is 22.1 Å². The molecule has 0 saturated carbocycles. The number of hydrogen-bond acceptors (Lipinski definition) is 4. The lowest BCUT2D eigenvalue weighted by Gasteiger charge is -2.34. The van der Waals surface area contributed by atoms with Crippen molar-refractivity contribution in [2.75, 3.05) is 39.3 Å². The number of carbonyl (C=O) groups is 1. The first-order valence-electron chi connectivity index (χ1n) is 6.89. The third-order valence-electron chi connectivity index (χ3n) is 3.53. The summed E-state index contributed by atoms with van der Waals surface area (Å²) >= 11 is 0. The predicted octanol–water partition coefficient (Wildman–Crippen LogP) is 0.335. The van der Waals surface area contributed by atoms with Crippen LogP contribution in [0.1, 0.15) is 12.5 Å². The normalized spacial score (nSPS) is 16.6. The molecule has 0 atom stereocenters. The van der Waals surface area contributed by atoms with E-state index < -0.39 is 0 Å². The van der Waals surface area contributed by atoms with Gasteiger partial charge in [0.1, 0.15) is 0 Å². The van der Waals surface area contributed by atoms with Crippen molar-refractivity contribution in [2.24, 2.45) is 0 Å². The Labute approximate surface area is 114 Å². The second-order valence-electron chi connectivity index (χ2n) is 4.77. The van der Waals surface area contributed by atoms with Crippen LogP contribution in [-0.4, -0.2) is 60.0 Å². The molecule has 1 aromatic rings. The lowest BCUT2D eigenvalue weighted by Crippen LogP contribution is -2.50. The minimum atomic E-state index is 0.199. The molecule has 104 valence electrons. The van der Waals surface area contributed by atoms with E-state index in [1.807, 2.05) is 17.0 Å². The van der Waals surface area contributed by atoms with Gasteiger partial charge in [0.05, 0.1) is 6.54 Å². The van der Waals surface area contributed by atoms with Gasteiger partial charge in [-0.3, -0.25) is 9.78 Å². The van der Waals surface area contributed by atoms with E-state index in [1.165, 1.54) is 0 Å². The maximum atomic E-state index is 12.0. The zero-order valence-corrected chi connectivity index (χ0v) is 11.5. The Kier molecular flexibility index (Phi) is 5.30. The summed E-state index contributed by atoms with van der Waals surface area (Å²) in [7, 11) is 0. The Morgan fingerprint density at radius 3 is 2.58 bits per heavy atom. The SMILES string of the molecule is CCN1CCN(C(=O)CNCc2ccncc2)CC1. The summed E-state index contributed by atoms with van der Waals surface area (Å²) in [6.45, 7) is 8.04. The van der Waals surface area contributed by atoms with E-state index >= 15 is 0 Å². The highest BCUT2D eigenvalue weighted by atomic mass is 16.2. The van der Waals surface area contributed by atoms with E-state index in [1.54, 1.807) is 12.4 Å². The average Bonchev–Trinajstić information content (AvgIpc) is 2.48. The molecule has 0 bridgehead atoms. The van der Waals surface area contributed by atoms with E-state index in [0.29, 0.717) is 13.1 Å². The van der Waals surface area contributed by atoms with Gasteiger partial charge in [-0.25, -0.2) is 0 Å². The number of nitrogens with one attached hydrogen (secondary N) is 1. The Morgan fingerprint density at radius 1 is 1.26 bits per heavy atom. The molecule has 0 unspecified atom stereocenters. The Hall–Kier alpha value is -1.46. The van der Waals surface area contributed by atoms with Crippen molar-refractivity contribution < 1.29 is 4.79 Å². The molecule has 5 heteroatoms. The molecule has 1 N–H and O–H groups in total. The lowest BCUT2D eigenvalue weighted by molar-refractivity contribution is -0.131. The van der Waals surface area contributed by atoms with Gasteiger partial charge in [-0.05, 0) is 24.2 Å². The van der Waals surface area contributed by atoms with Crippen LogP contribution in [0.5, 0.6) is 0 Å². The van der Waals surface area contributed by atoms with Crippen molar-refractivity contribution in [1.29, 1.82) is 0 Å². The summed E-state index contributed by atoms with van der Waals surface area (Å²) < 4.78 is 0. The molecule has 0 spiro atoms. The molecule has 1 fully saturated rings. The number of nitrogens with zero attached hydrogens (tertiary/aromatic N) is 3. The monoisotopic (exact) mass is 262 g/mol. The minimum Gasteiger partial charge on any atom is -0.339 e. The topological polar surface area (TPSA) is 48.5 Å². The molecule has 19 heavy (non-hydrogen) atoms. The Bertz CT molecular complexity index is 388. The van der Waals surface area contributed by atoms with Gasteiger partial charge in [0.15, 0.2) is 0 Å². The fourth-order valence-corrected chi connectivity index (χ4v) is 2.24. The van der Waals surface area contributed by atoms with Gasteiger partial charge in [-0.15, -0.1) is 0 Å². The summed E-state index contributed by atoms with van der Waals surface area (Å²) in [5.74, 6) is 0.199. The smallest absolute Gasteiger partial charge is 0.236 e. The molecule has 1 amide bonds. The van der Waals surface area contributed by atoms with Crippen LogP contribution in [0.15, 0.2) is 24.5 Å². The molecule has 0 aromatic carbocycles. The number of piperazine rings is 1. The van der Waals surface area contributed by atoms with Crippen LogP contribution in [0.4, 0.5) is 0 Å². The van der Waals surface area contributed by atoms with Crippen molar-refractivity contribution in [2.45, 2.75) is 13.5 Å². The summed E-state index contributed by atoms with van der Waals surface area (Å²) in [6.07, 6.45) is 3.53. The highest BCUT2D eigenvalue weighted by Crippen LogP contribution is 2.01. The van der Waals surface area contributed by atoms with Gasteiger partial charge in [0.25, 0.3) is 0 Å². The summed E-state index contributed by atoms with van der Waals surface area (Å²) in [6, 6.07) is 3.91. The van der Waals surface area contributed by atoms with Crippen molar-refractivity contribution >= 4 is 5.91 Å². The lowest BCUT2D eigenvalue weighted by atomic mass is 10.2. The maximum Gasteiger partial charge on any atom is 0.236 e. The van der Waals surface area contributed by atoms with Crippen LogP contribution < -0.4 is 5.32 Å². The third kappa shape index (κ3) is 4.29. The molecule has 5 nitrogen and oxygen atoms in total.